The highest BCUT2D eigenvalue weighted by atomic mass is 32.1. The highest BCUT2D eigenvalue weighted by Gasteiger charge is 2.20. The molecule has 18 aromatic carbocycles. The van der Waals surface area contributed by atoms with Crippen LogP contribution in [0, 0.1) is 0 Å². The molecule has 0 saturated heterocycles. The molecule has 0 aliphatic heterocycles. The standard InChI is InChI=1S/C45H29N3S.2C43H29N3/c1-2-9-30(10-3-1)31-18-22-33(23-19-31)41-28-42(48-45(47-41)34-24-20-32(21-25-34)37-13-8-26-46-29-37)36-12-6-11-35(27-36)38-15-7-16-40-39-14-4-5-17-43(39)49-44(38)40;1-2-9-30(10-3-1)31-18-22-34(23-19-31)41-28-42(46-43(45-41)35-24-20-32(21-25-35)38-15-8-26-44-29-38)37-14-6-13-36(27-37)40-17-7-12-33-11-4-5-16-39(33)40;1-2-8-30(9-3-1)32-15-20-34(21-16-32)41-28-42(46-43(45-41)35-22-17-33(18-23-35)40-14-7-25-44-29-40)39-13-6-12-37(27-39)38-24-19-31-10-4-5-11-36(31)26-38/h1-29H;2*1-29H. The van der Waals surface area contributed by atoms with Crippen LogP contribution >= 0.6 is 11.3 Å². The number of pyridine rings is 3. The average Bonchev–Trinajstić information content (AvgIpc) is 1.61. The lowest BCUT2D eigenvalue weighted by molar-refractivity contribution is 1.18. The number of nitrogens with zero attached hydrogens (tertiary/aromatic N) is 9. The maximum atomic E-state index is 5.18. The molecule has 10 heteroatoms. The van der Waals surface area contributed by atoms with Crippen LogP contribution in [-0.4, -0.2) is 44.9 Å². The molecule has 0 atom stereocenters. The van der Waals surface area contributed by atoms with Crippen LogP contribution in [0.1, 0.15) is 0 Å². The monoisotopic (exact) mass is 1820 g/mol. The second-order valence-corrected chi connectivity index (χ2v) is 35.8. The van der Waals surface area contributed by atoms with Crippen LogP contribution in [0.2, 0.25) is 0 Å². The van der Waals surface area contributed by atoms with Crippen LogP contribution in [0.4, 0.5) is 0 Å². The van der Waals surface area contributed by atoms with E-state index >= 15 is 0 Å². The molecule has 662 valence electrons. The fourth-order valence-corrected chi connectivity index (χ4v) is 19.7. The molecule has 25 aromatic rings. The molecule has 0 fully saturated rings. The summed E-state index contributed by atoms with van der Waals surface area (Å²) in [5, 5.41) is 7.53. The van der Waals surface area contributed by atoms with E-state index in [1.54, 1.807) is 18.6 Å². The molecule has 25 rings (SSSR count). The first-order valence-corrected chi connectivity index (χ1v) is 48.0. The predicted octanol–water partition coefficient (Wildman–Crippen LogP) is 34.3. The molecule has 0 amide bonds. The molecular weight excluding hydrogens is 1730 g/mol. The van der Waals surface area contributed by atoms with Gasteiger partial charge in [0.15, 0.2) is 17.5 Å². The minimum absolute atomic E-state index is 0.688. The number of hydrogen-bond donors (Lipinski definition) is 0. The first-order valence-electron chi connectivity index (χ1n) is 47.2. The Morgan fingerprint density at radius 1 is 0.142 bits per heavy atom. The summed E-state index contributed by atoms with van der Waals surface area (Å²) in [7, 11) is 0. The Morgan fingerprint density at radius 3 is 0.837 bits per heavy atom. The fourth-order valence-electron chi connectivity index (χ4n) is 18.4. The highest BCUT2D eigenvalue weighted by Crippen LogP contribution is 2.44. The van der Waals surface area contributed by atoms with Crippen LogP contribution in [0.15, 0.2) is 529 Å². The van der Waals surface area contributed by atoms with Crippen LogP contribution in [0.5, 0.6) is 0 Å². The van der Waals surface area contributed by atoms with Crippen molar-refractivity contribution in [2.45, 2.75) is 0 Å². The lowest BCUT2D eigenvalue weighted by Crippen LogP contribution is -1.96. The van der Waals surface area contributed by atoms with E-state index < -0.39 is 0 Å². The van der Waals surface area contributed by atoms with Gasteiger partial charge in [0.05, 0.1) is 34.2 Å². The van der Waals surface area contributed by atoms with Crippen molar-refractivity contribution >= 4 is 53.1 Å². The molecule has 0 aliphatic carbocycles. The Kier molecular flexibility index (Phi) is 24.4. The Bertz CT molecular complexity index is 8440. The molecule has 0 unspecified atom stereocenters. The van der Waals surface area contributed by atoms with Gasteiger partial charge in [0.2, 0.25) is 0 Å². The van der Waals surface area contributed by atoms with Crippen molar-refractivity contribution in [2.24, 2.45) is 0 Å². The second kappa shape index (κ2) is 39.7. The number of hydrogen-bond acceptors (Lipinski definition) is 10. The van der Waals surface area contributed by atoms with E-state index in [0.717, 1.165) is 129 Å². The zero-order valence-electron chi connectivity index (χ0n) is 76.7. The van der Waals surface area contributed by atoms with Crippen LogP contribution in [0.3, 0.4) is 0 Å². The summed E-state index contributed by atoms with van der Waals surface area (Å²) in [6.45, 7) is 0. The summed E-state index contributed by atoms with van der Waals surface area (Å²) in [5.41, 5.74) is 35.2. The molecule has 0 radical (unpaired) electrons. The normalized spacial score (nSPS) is 11.1. The van der Waals surface area contributed by atoms with Gasteiger partial charge in [-0.05, 0) is 188 Å². The maximum Gasteiger partial charge on any atom is 0.160 e. The second-order valence-electron chi connectivity index (χ2n) is 34.8. The summed E-state index contributed by atoms with van der Waals surface area (Å²) in [4.78, 5) is 43.6. The molecule has 0 spiro atoms. The summed E-state index contributed by atoms with van der Waals surface area (Å²) in [6, 6.07) is 172. The van der Waals surface area contributed by atoms with E-state index in [-0.39, 0.29) is 0 Å². The molecule has 0 N–H and O–H groups in total. The van der Waals surface area contributed by atoms with Crippen molar-refractivity contribution < 1.29 is 0 Å². The molecule has 9 nitrogen and oxygen atoms in total. The lowest BCUT2D eigenvalue weighted by Gasteiger charge is -2.12. The Morgan fingerprint density at radius 2 is 0.411 bits per heavy atom. The predicted molar refractivity (Wildman–Crippen MR) is 585 cm³/mol. The van der Waals surface area contributed by atoms with Crippen molar-refractivity contribution in [2.75, 3.05) is 0 Å². The molecule has 7 heterocycles. The summed E-state index contributed by atoms with van der Waals surface area (Å²) in [5.74, 6) is 2.07. The zero-order chi connectivity index (χ0) is 94.0. The molecular formula is C131H87N9S. The quantitative estimate of drug-likeness (QED) is 0.0828. The summed E-state index contributed by atoms with van der Waals surface area (Å²) in [6.07, 6.45) is 11.0. The van der Waals surface area contributed by atoms with E-state index in [1.807, 2.05) is 66.3 Å². The number of rotatable bonds is 18. The SMILES string of the molecule is c1ccc(-c2ccc(-c3cc(-c4cccc(-c5ccc6ccccc6c5)c4)nc(-c4ccc(-c5cccnc5)cc4)n3)cc2)cc1.c1ccc(-c2ccc(-c3cc(-c4cccc(-c5cccc6c5sc5ccccc56)c4)nc(-c4ccc(-c5cccnc5)cc4)n3)cc2)cc1.c1ccc(-c2ccc(-c3cc(-c4cccc(-c5cccc6ccccc56)c4)nc(-c4ccc(-c5cccnc5)cc4)n3)cc2)cc1. The van der Waals surface area contributed by atoms with E-state index in [2.05, 4.69) is 470 Å². The minimum atomic E-state index is 0.688. The fraction of sp³-hybridized carbons (Fsp3) is 0. The van der Waals surface area contributed by atoms with Crippen molar-refractivity contribution in [3.8, 4) is 202 Å². The third kappa shape index (κ3) is 19.0. The molecule has 0 saturated carbocycles. The number of fused-ring (bicyclic) bond motifs is 5. The Labute approximate surface area is 822 Å². The van der Waals surface area contributed by atoms with Gasteiger partial charge < -0.3 is 0 Å². The maximum absolute atomic E-state index is 5.18. The van der Waals surface area contributed by atoms with Crippen LogP contribution in [-0.2, 0) is 0 Å². The van der Waals surface area contributed by atoms with Crippen molar-refractivity contribution in [1.82, 2.24) is 44.9 Å². The van der Waals surface area contributed by atoms with Gasteiger partial charge in [-0.25, -0.2) is 29.9 Å². The van der Waals surface area contributed by atoms with Crippen molar-refractivity contribution in [3.63, 3.8) is 0 Å². The first-order chi connectivity index (χ1) is 69.8. The Balaban J connectivity index is 0.000000118. The van der Waals surface area contributed by atoms with Crippen molar-refractivity contribution in [1.29, 1.82) is 0 Å². The van der Waals surface area contributed by atoms with Gasteiger partial charge >= 0.3 is 0 Å². The lowest BCUT2D eigenvalue weighted by atomic mass is 9.96. The minimum Gasteiger partial charge on any atom is -0.264 e. The third-order valence-corrected chi connectivity index (χ3v) is 27.0. The molecule has 0 aliphatic rings. The first kappa shape index (κ1) is 86.5. The smallest absolute Gasteiger partial charge is 0.160 e. The third-order valence-electron chi connectivity index (χ3n) is 25.8. The zero-order valence-corrected chi connectivity index (χ0v) is 77.5. The van der Waals surface area contributed by atoms with E-state index in [9.17, 15) is 0 Å². The van der Waals surface area contributed by atoms with E-state index in [4.69, 9.17) is 29.9 Å². The molecule has 141 heavy (non-hydrogen) atoms. The average molecular weight is 1820 g/mol. The van der Waals surface area contributed by atoms with Gasteiger partial charge in [-0.1, -0.05) is 425 Å². The Hall–Kier alpha value is -18.6. The summed E-state index contributed by atoms with van der Waals surface area (Å²) >= 11 is 1.85. The van der Waals surface area contributed by atoms with Gasteiger partial charge in [0.1, 0.15) is 0 Å². The highest BCUT2D eigenvalue weighted by molar-refractivity contribution is 7.26. The summed E-state index contributed by atoms with van der Waals surface area (Å²) < 4.78 is 2.61. The van der Waals surface area contributed by atoms with E-state index in [1.165, 1.54) is 97.4 Å². The molecule has 7 aromatic heterocycles. The van der Waals surface area contributed by atoms with Crippen LogP contribution in [0.25, 0.3) is 244 Å². The van der Waals surface area contributed by atoms with Gasteiger partial charge in [-0.2, -0.15) is 0 Å². The largest absolute Gasteiger partial charge is 0.264 e. The van der Waals surface area contributed by atoms with Gasteiger partial charge in [-0.3, -0.25) is 15.0 Å². The number of aromatic nitrogens is 9. The number of thiophene rings is 1. The molecule has 0 bridgehead atoms. The van der Waals surface area contributed by atoms with Gasteiger partial charge in [-0.15, -0.1) is 11.3 Å². The number of benzene rings is 18. The van der Waals surface area contributed by atoms with Crippen molar-refractivity contribution in [3.05, 3.63) is 529 Å². The van der Waals surface area contributed by atoms with Gasteiger partial charge in [0.25, 0.3) is 0 Å². The van der Waals surface area contributed by atoms with Crippen LogP contribution < -0.4 is 0 Å². The van der Waals surface area contributed by atoms with Gasteiger partial charge in [0, 0.05) is 107 Å². The van der Waals surface area contributed by atoms with E-state index in [0.29, 0.717) is 17.5 Å². The topological polar surface area (TPSA) is 116 Å².